The molecule has 144 valence electrons. The second-order valence-corrected chi connectivity index (χ2v) is 8.70. The summed E-state index contributed by atoms with van der Waals surface area (Å²) in [7, 11) is 0. The van der Waals surface area contributed by atoms with E-state index >= 15 is 0 Å². The van der Waals surface area contributed by atoms with Crippen LogP contribution in [-0.4, -0.2) is 9.97 Å². The van der Waals surface area contributed by atoms with Crippen LogP contribution in [-0.2, 0) is 6.42 Å². The standard InChI is InChI=1S/C25H21BrN2O/c1-13-21-19-12-17(26)9-10-20(19)28-23(21)14(2)22-24(13)27-15(3)18(25(22)29)11-16-7-5-4-6-8-16/h4-10,12,28H,11H2,1-3H3,(H,27,29). The molecule has 5 aromatic rings. The molecule has 2 heterocycles. The van der Waals surface area contributed by atoms with Crippen molar-refractivity contribution in [1.29, 1.82) is 0 Å². The van der Waals surface area contributed by atoms with Crippen LogP contribution < -0.4 is 5.43 Å². The Morgan fingerprint density at radius 3 is 2.31 bits per heavy atom. The fraction of sp³-hybridized carbons (Fsp3) is 0.160. The molecule has 0 aliphatic carbocycles. The highest BCUT2D eigenvalue weighted by atomic mass is 79.9. The minimum absolute atomic E-state index is 0.127. The lowest BCUT2D eigenvalue weighted by molar-refractivity contribution is 1.08. The molecule has 29 heavy (non-hydrogen) atoms. The first-order chi connectivity index (χ1) is 14.0. The summed E-state index contributed by atoms with van der Waals surface area (Å²) in [6.45, 7) is 6.15. The molecule has 0 spiro atoms. The number of aryl methyl sites for hydroxylation is 3. The summed E-state index contributed by atoms with van der Waals surface area (Å²) in [5.74, 6) is 0. The van der Waals surface area contributed by atoms with Crippen LogP contribution in [0.5, 0.6) is 0 Å². The molecule has 0 atom stereocenters. The maximum Gasteiger partial charge on any atom is 0.193 e. The summed E-state index contributed by atoms with van der Waals surface area (Å²) < 4.78 is 1.05. The van der Waals surface area contributed by atoms with E-state index in [-0.39, 0.29) is 5.43 Å². The van der Waals surface area contributed by atoms with Gasteiger partial charge in [0.05, 0.1) is 16.4 Å². The number of aromatic amines is 2. The van der Waals surface area contributed by atoms with E-state index in [1.54, 1.807) is 0 Å². The van der Waals surface area contributed by atoms with Crippen LogP contribution in [0, 0.1) is 20.8 Å². The number of H-pyrrole nitrogens is 2. The average Bonchev–Trinajstić information content (AvgIpc) is 3.09. The predicted octanol–water partition coefficient (Wildman–Crippen LogP) is 6.44. The topological polar surface area (TPSA) is 48.6 Å². The van der Waals surface area contributed by atoms with Gasteiger partial charge in [0.15, 0.2) is 5.43 Å². The number of hydrogen-bond acceptors (Lipinski definition) is 1. The van der Waals surface area contributed by atoms with E-state index in [1.165, 1.54) is 10.8 Å². The van der Waals surface area contributed by atoms with E-state index in [0.717, 1.165) is 54.4 Å². The Morgan fingerprint density at radius 1 is 0.862 bits per heavy atom. The Balaban J connectivity index is 1.88. The van der Waals surface area contributed by atoms with Crippen LogP contribution in [0.4, 0.5) is 0 Å². The third-order valence-electron chi connectivity index (χ3n) is 6.00. The first kappa shape index (κ1) is 18.2. The zero-order valence-corrected chi connectivity index (χ0v) is 18.2. The molecule has 0 unspecified atom stereocenters. The van der Waals surface area contributed by atoms with Crippen molar-refractivity contribution in [3.8, 4) is 0 Å². The van der Waals surface area contributed by atoms with Gasteiger partial charge >= 0.3 is 0 Å². The molecular formula is C25H21BrN2O. The summed E-state index contributed by atoms with van der Waals surface area (Å²) in [6, 6.07) is 16.4. The van der Waals surface area contributed by atoms with Gasteiger partial charge in [-0.3, -0.25) is 4.79 Å². The van der Waals surface area contributed by atoms with Crippen LogP contribution in [0.15, 0.2) is 57.8 Å². The zero-order chi connectivity index (χ0) is 20.3. The van der Waals surface area contributed by atoms with Crippen molar-refractivity contribution in [3.63, 3.8) is 0 Å². The van der Waals surface area contributed by atoms with E-state index in [0.29, 0.717) is 6.42 Å². The van der Waals surface area contributed by atoms with Crippen molar-refractivity contribution in [3.05, 3.63) is 91.2 Å². The molecule has 0 fully saturated rings. The van der Waals surface area contributed by atoms with Crippen molar-refractivity contribution in [2.45, 2.75) is 27.2 Å². The minimum atomic E-state index is 0.127. The molecule has 2 N–H and O–H groups in total. The predicted molar refractivity (Wildman–Crippen MR) is 125 cm³/mol. The Morgan fingerprint density at radius 2 is 1.55 bits per heavy atom. The fourth-order valence-corrected chi connectivity index (χ4v) is 4.86. The van der Waals surface area contributed by atoms with Crippen molar-refractivity contribution in [2.24, 2.45) is 0 Å². The van der Waals surface area contributed by atoms with Crippen molar-refractivity contribution in [2.75, 3.05) is 0 Å². The summed E-state index contributed by atoms with van der Waals surface area (Å²) in [4.78, 5) is 20.7. The molecule has 0 aliphatic heterocycles. The van der Waals surface area contributed by atoms with Gasteiger partial charge in [-0.1, -0.05) is 46.3 Å². The smallest absolute Gasteiger partial charge is 0.193 e. The molecule has 4 heteroatoms. The van der Waals surface area contributed by atoms with Gasteiger partial charge in [-0.25, -0.2) is 0 Å². The maximum atomic E-state index is 13.6. The molecular weight excluding hydrogens is 424 g/mol. The Labute approximate surface area is 176 Å². The van der Waals surface area contributed by atoms with Crippen molar-refractivity contribution < 1.29 is 0 Å². The number of halogens is 1. The van der Waals surface area contributed by atoms with E-state index in [1.807, 2.05) is 38.1 Å². The van der Waals surface area contributed by atoms with Gasteiger partial charge < -0.3 is 9.97 Å². The lowest BCUT2D eigenvalue weighted by Crippen LogP contribution is -2.15. The van der Waals surface area contributed by atoms with Gasteiger partial charge in [-0.2, -0.15) is 0 Å². The van der Waals surface area contributed by atoms with Gasteiger partial charge in [0.2, 0.25) is 0 Å². The molecule has 3 aromatic carbocycles. The minimum Gasteiger partial charge on any atom is -0.358 e. The first-order valence-electron chi connectivity index (χ1n) is 9.75. The molecule has 0 aliphatic rings. The summed E-state index contributed by atoms with van der Waals surface area (Å²) in [5, 5.41) is 3.14. The molecule has 5 rings (SSSR count). The zero-order valence-electron chi connectivity index (χ0n) is 16.6. The van der Waals surface area contributed by atoms with Crippen molar-refractivity contribution >= 4 is 48.6 Å². The van der Waals surface area contributed by atoms with Gasteiger partial charge in [-0.15, -0.1) is 0 Å². The second-order valence-electron chi connectivity index (χ2n) is 7.78. The molecule has 3 nitrogen and oxygen atoms in total. The Kier molecular flexibility index (Phi) is 4.14. The first-order valence-corrected chi connectivity index (χ1v) is 10.5. The van der Waals surface area contributed by atoms with Crippen LogP contribution in [0.25, 0.3) is 32.7 Å². The summed E-state index contributed by atoms with van der Waals surface area (Å²) in [6.07, 6.45) is 0.633. The van der Waals surface area contributed by atoms with Crippen LogP contribution in [0.2, 0.25) is 0 Å². The molecule has 0 bridgehead atoms. The average molecular weight is 445 g/mol. The highest BCUT2D eigenvalue weighted by Gasteiger charge is 2.19. The van der Waals surface area contributed by atoms with Crippen LogP contribution >= 0.6 is 15.9 Å². The number of aromatic nitrogens is 2. The van der Waals surface area contributed by atoms with Crippen molar-refractivity contribution in [1.82, 2.24) is 9.97 Å². The molecule has 0 radical (unpaired) electrons. The van der Waals surface area contributed by atoms with E-state index < -0.39 is 0 Å². The highest BCUT2D eigenvalue weighted by Crippen LogP contribution is 2.36. The summed E-state index contributed by atoms with van der Waals surface area (Å²) >= 11 is 3.59. The number of rotatable bonds is 2. The Hall–Kier alpha value is -2.85. The number of nitrogens with one attached hydrogen (secondary N) is 2. The number of hydrogen-bond donors (Lipinski definition) is 2. The molecule has 2 aromatic heterocycles. The van der Waals surface area contributed by atoms with Gasteiger partial charge in [0, 0.05) is 38.4 Å². The lowest BCUT2D eigenvalue weighted by atomic mass is 9.95. The monoisotopic (exact) mass is 444 g/mol. The van der Waals surface area contributed by atoms with Gasteiger partial charge in [0.25, 0.3) is 0 Å². The normalized spacial score (nSPS) is 11.7. The van der Waals surface area contributed by atoms with Crippen LogP contribution in [0.1, 0.15) is 27.9 Å². The largest absolute Gasteiger partial charge is 0.358 e. The molecule has 0 saturated heterocycles. The number of benzene rings is 3. The third kappa shape index (κ3) is 2.74. The summed E-state index contributed by atoms with van der Waals surface area (Å²) in [5.41, 5.74) is 8.23. The van der Waals surface area contributed by atoms with Gasteiger partial charge in [-0.05, 0) is 55.7 Å². The number of pyridine rings is 1. The Bertz CT molecular complexity index is 1480. The van der Waals surface area contributed by atoms with E-state index in [9.17, 15) is 4.79 Å². The third-order valence-corrected chi connectivity index (χ3v) is 6.49. The number of fused-ring (bicyclic) bond motifs is 4. The highest BCUT2D eigenvalue weighted by molar-refractivity contribution is 9.10. The quantitative estimate of drug-likeness (QED) is 0.323. The fourth-order valence-electron chi connectivity index (χ4n) is 4.50. The van der Waals surface area contributed by atoms with E-state index in [4.69, 9.17) is 0 Å². The SMILES string of the molecule is Cc1[nH]c2c(C)c3c([nH]c4ccc(Br)cc43)c(C)c2c(=O)c1Cc1ccccc1. The van der Waals surface area contributed by atoms with E-state index in [2.05, 4.69) is 57.1 Å². The molecule has 0 amide bonds. The van der Waals surface area contributed by atoms with Gasteiger partial charge in [0.1, 0.15) is 0 Å². The van der Waals surface area contributed by atoms with Crippen LogP contribution in [0.3, 0.4) is 0 Å². The lowest BCUT2D eigenvalue weighted by Gasteiger charge is -2.13. The molecule has 0 saturated carbocycles. The second kappa shape index (κ2) is 6.60. The maximum absolute atomic E-state index is 13.6.